The molecular weight excluding hydrogens is 300 g/mol. The molecule has 0 fully saturated rings. The minimum Gasteiger partial charge on any atom is -0.382 e. The SMILES string of the molecule is OC(c1ccc2ncccc2c1)c1cnc2ccc(Cl)nn12. The zero-order valence-corrected chi connectivity index (χ0v) is 12.1. The first kappa shape index (κ1) is 13.2. The van der Waals surface area contributed by atoms with Gasteiger partial charge in [-0.25, -0.2) is 9.50 Å². The second kappa shape index (κ2) is 5.05. The van der Waals surface area contributed by atoms with E-state index in [2.05, 4.69) is 15.1 Å². The smallest absolute Gasteiger partial charge is 0.154 e. The Morgan fingerprint density at radius 1 is 1.09 bits per heavy atom. The molecule has 6 heteroatoms. The molecule has 0 saturated carbocycles. The lowest BCUT2D eigenvalue weighted by atomic mass is 10.0. The van der Waals surface area contributed by atoms with E-state index in [1.165, 1.54) is 0 Å². The molecule has 4 rings (SSSR count). The van der Waals surface area contributed by atoms with Gasteiger partial charge in [0, 0.05) is 11.6 Å². The molecule has 0 spiro atoms. The average molecular weight is 311 g/mol. The number of rotatable bonds is 2. The summed E-state index contributed by atoms with van der Waals surface area (Å²) in [5, 5.41) is 16.2. The van der Waals surface area contributed by atoms with Crippen LogP contribution in [0.2, 0.25) is 5.15 Å². The summed E-state index contributed by atoms with van der Waals surface area (Å²) in [6, 6.07) is 12.9. The maximum Gasteiger partial charge on any atom is 0.154 e. The monoisotopic (exact) mass is 310 g/mol. The topological polar surface area (TPSA) is 63.3 Å². The highest BCUT2D eigenvalue weighted by atomic mass is 35.5. The van der Waals surface area contributed by atoms with Crippen molar-refractivity contribution in [1.29, 1.82) is 0 Å². The Labute approximate surface area is 130 Å². The lowest BCUT2D eigenvalue weighted by Crippen LogP contribution is -2.05. The van der Waals surface area contributed by atoms with Crippen LogP contribution in [0.25, 0.3) is 16.6 Å². The van der Waals surface area contributed by atoms with Gasteiger partial charge in [0.15, 0.2) is 5.65 Å². The van der Waals surface area contributed by atoms with Gasteiger partial charge in [-0.15, -0.1) is 0 Å². The number of aliphatic hydroxyl groups is 1. The summed E-state index contributed by atoms with van der Waals surface area (Å²) in [7, 11) is 0. The Morgan fingerprint density at radius 2 is 2.00 bits per heavy atom. The fraction of sp³-hybridized carbons (Fsp3) is 0.0625. The standard InChI is InChI=1S/C16H11ClN4O/c17-14-5-6-15-19-9-13(21(15)20-14)16(22)11-3-4-12-10(8-11)2-1-7-18-12/h1-9,16,22H. The molecule has 0 aliphatic rings. The summed E-state index contributed by atoms with van der Waals surface area (Å²) in [4.78, 5) is 8.52. The van der Waals surface area contributed by atoms with Gasteiger partial charge in [-0.05, 0) is 35.9 Å². The minimum atomic E-state index is -0.842. The summed E-state index contributed by atoms with van der Waals surface area (Å²) in [6.45, 7) is 0. The van der Waals surface area contributed by atoms with Crippen molar-refractivity contribution in [1.82, 2.24) is 19.6 Å². The number of aromatic nitrogens is 4. The Kier molecular flexibility index (Phi) is 3.03. The van der Waals surface area contributed by atoms with Crippen LogP contribution in [0.4, 0.5) is 0 Å². The molecule has 1 N–H and O–H groups in total. The van der Waals surface area contributed by atoms with Gasteiger partial charge in [0.05, 0.1) is 17.4 Å². The van der Waals surface area contributed by atoms with Gasteiger partial charge < -0.3 is 5.11 Å². The number of hydrogen-bond donors (Lipinski definition) is 1. The lowest BCUT2D eigenvalue weighted by Gasteiger charge is -2.11. The maximum atomic E-state index is 10.7. The minimum absolute atomic E-state index is 0.349. The molecule has 1 atom stereocenters. The number of imidazole rings is 1. The Hall–Kier alpha value is -2.50. The van der Waals surface area contributed by atoms with Crippen LogP contribution in [0.15, 0.2) is 54.9 Å². The van der Waals surface area contributed by atoms with Crippen LogP contribution in [0.3, 0.4) is 0 Å². The van der Waals surface area contributed by atoms with Crippen molar-refractivity contribution in [2.75, 3.05) is 0 Å². The third-order valence-electron chi connectivity index (χ3n) is 3.58. The first-order valence-electron chi connectivity index (χ1n) is 6.75. The van der Waals surface area contributed by atoms with Gasteiger partial charge in [-0.1, -0.05) is 23.7 Å². The van der Waals surface area contributed by atoms with E-state index < -0.39 is 6.10 Å². The first-order chi connectivity index (χ1) is 10.7. The molecule has 108 valence electrons. The third kappa shape index (κ3) is 2.11. The molecule has 1 aromatic carbocycles. The molecule has 0 amide bonds. The van der Waals surface area contributed by atoms with Crippen LogP contribution in [0.1, 0.15) is 17.4 Å². The lowest BCUT2D eigenvalue weighted by molar-refractivity contribution is 0.213. The van der Waals surface area contributed by atoms with E-state index in [1.54, 1.807) is 29.0 Å². The van der Waals surface area contributed by atoms with Gasteiger partial charge in [-0.3, -0.25) is 4.98 Å². The predicted molar refractivity (Wildman–Crippen MR) is 83.8 cm³/mol. The number of nitrogens with zero attached hydrogens (tertiary/aromatic N) is 4. The van der Waals surface area contributed by atoms with Crippen LogP contribution in [-0.2, 0) is 0 Å². The molecule has 0 saturated heterocycles. The Bertz CT molecular complexity index is 982. The molecule has 22 heavy (non-hydrogen) atoms. The number of halogens is 1. The van der Waals surface area contributed by atoms with Crippen molar-refractivity contribution < 1.29 is 5.11 Å². The fourth-order valence-electron chi connectivity index (χ4n) is 2.49. The molecule has 3 heterocycles. The average Bonchev–Trinajstić information content (AvgIpc) is 2.96. The summed E-state index contributed by atoms with van der Waals surface area (Å²) in [5.74, 6) is 0. The molecule has 0 aliphatic heterocycles. The van der Waals surface area contributed by atoms with E-state index in [9.17, 15) is 5.11 Å². The first-order valence-corrected chi connectivity index (χ1v) is 7.13. The molecule has 4 aromatic rings. The molecule has 0 aliphatic carbocycles. The van der Waals surface area contributed by atoms with Gasteiger partial charge >= 0.3 is 0 Å². The number of pyridine rings is 1. The summed E-state index contributed by atoms with van der Waals surface area (Å²) in [6.07, 6.45) is 2.51. The van der Waals surface area contributed by atoms with Crippen LogP contribution in [-0.4, -0.2) is 24.7 Å². The third-order valence-corrected chi connectivity index (χ3v) is 3.78. The van der Waals surface area contributed by atoms with Crippen LogP contribution >= 0.6 is 11.6 Å². The number of benzene rings is 1. The van der Waals surface area contributed by atoms with Gasteiger partial charge in [0.2, 0.25) is 0 Å². The molecule has 3 aromatic heterocycles. The van der Waals surface area contributed by atoms with Crippen molar-refractivity contribution in [3.05, 3.63) is 71.3 Å². The summed E-state index contributed by atoms with van der Waals surface area (Å²) < 4.78 is 1.56. The van der Waals surface area contributed by atoms with E-state index in [1.807, 2.05) is 30.3 Å². The highest BCUT2D eigenvalue weighted by molar-refractivity contribution is 6.29. The highest BCUT2D eigenvalue weighted by Gasteiger charge is 2.17. The molecule has 0 radical (unpaired) electrons. The van der Waals surface area contributed by atoms with Crippen LogP contribution in [0, 0.1) is 0 Å². The van der Waals surface area contributed by atoms with Crippen molar-refractivity contribution in [3.8, 4) is 0 Å². The quantitative estimate of drug-likeness (QED) is 0.618. The second-order valence-electron chi connectivity index (χ2n) is 4.97. The molecule has 0 bridgehead atoms. The number of aliphatic hydroxyl groups excluding tert-OH is 1. The van der Waals surface area contributed by atoms with Crippen molar-refractivity contribution in [3.63, 3.8) is 0 Å². The zero-order chi connectivity index (χ0) is 15.1. The fourth-order valence-corrected chi connectivity index (χ4v) is 2.63. The Morgan fingerprint density at radius 3 is 2.91 bits per heavy atom. The van der Waals surface area contributed by atoms with Gasteiger partial charge in [0.1, 0.15) is 11.3 Å². The second-order valence-corrected chi connectivity index (χ2v) is 5.35. The molecule has 1 unspecified atom stereocenters. The van der Waals surface area contributed by atoms with E-state index in [0.717, 1.165) is 16.5 Å². The molecular formula is C16H11ClN4O. The highest BCUT2D eigenvalue weighted by Crippen LogP contribution is 2.25. The normalized spacial score (nSPS) is 12.8. The number of hydrogen-bond acceptors (Lipinski definition) is 4. The van der Waals surface area contributed by atoms with Crippen LogP contribution in [0.5, 0.6) is 0 Å². The molecule has 5 nitrogen and oxygen atoms in total. The van der Waals surface area contributed by atoms with Crippen molar-refractivity contribution in [2.24, 2.45) is 0 Å². The van der Waals surface area contributed by atoms with E-state index in [0.29, 0.717) is 16.5 Å². The zero-order valence-electron chi connectivity index (χ0n) is 11.4. The summed E-state index contributed by atoms with van der Waals surface area (Å²) in [5.41, 5.74) is 2.85. The number of fused-ring (bicyclic) bond motifs is 2. The van der Waals surface area contributed by atoms with Gasteiger partial charge in [0.25, 0.3) is 0 Å². The summed E-state index contributed by atoms with van der Waals surface area (Å²) >= 11 is 5.93. The van der Waals surface area contributed by atoms with Crippen molar-refractivity contribution in [2.45, 2.75) is 6.10 Å². The largest absolute Gasteiger partial charge is 0.382 e. The van der Waals surface area contributed by atoms with E-state index >= 15 is 0 Å². The van der Waals surface area contributed by atoms with E-state index in [-0.39, 0.29) is 0 Å². The van der Waals surface area contributed by atoms with E-state index in [4.69, 9.17) is 11.6 Å². The Balaban J connectivity index is 1.84. The van der Waals surface area contributed by atoms with Crippen LogP contribution < -0.4 is 0 Å². The van der Waals surface area contributed by atoms with Gasteiger partial charge in [-0.2, -0.15) is 5.10 Å². The predicted octanol–water partition coefficient (Wildman–Crippen LogP) is 3.01. The maximum absolute atomic E-state index is 10.7. The van der Waals surface area contributed by atoms with Crippen molar-refractivity contribution >= 4 is 28.2 Å².